The molecule has 0 aromatic heterocycles. The van der Waals surface area contributed by atoms with Crippen molar-refractivity contribution in [2.75, 3.05) is 31.1 Å². The van der Waals surface area contributed by atoms with Crippen molar-refractivity contribution >= 4 is 11.7 Å². The van der Waals surface area contributed by atoms with Crippen LogP contribution in [0.4, 0.5) is 10.5 Å². The summed E-state index contributed by atoms with van der Waals surface area (Å²) in [6, 6.07) is 6.99. The summed E-state index contributed by atoms with van der Waals surface area (Å²) in [5.41, 5.74) is 4.00. The molecule has 2 fully saturated rings. The standard InChI is InChI=1S/C20H31N3O/c1-16-8-7-9-17(2)19(16)22-12-14-23(15-13-22)20(24)21-18-10-5-3-4-6-11-18/h7-9,18H,3-6,10-15H2,1-2H3,(H,21,24). The normalized spacial score (nSPS) is 19.9. The molecule has 3 rings (SSSR count). The average Bonchev–Trinajstić information content (AvgIpc) is 2.84. The number of hydrogen-bond acceptors (Lipinski definition) is 2. The summed E-state index contributed by atoms with van der Waals surface area (Å²) in [7, 11) is 0. The number of para-hydroxylation sites is 1. The van der Waals surface area contributed by atoms with Crippen LogP contribution in [0.15, 0.2) is 18.2 Å². The second-order valence-electron chi connectivity index (χ2n) is 7.35. The Bertz CT molecular complexity index is 536. The number of aryl methyl sites for hydroxylation is 2. The number of piperazine rings is 1. The maximum Gasteiger partial charge on any atom is 0.317 e. The summed E-state index contributed by atoms with van der Waals surface area (Å²) < 4.78 is 0. The lowest BCUT2D eigenvalue weighted by atomic mass is 10.1. The van der Waals surface area contributed by atoms with Gasteiger partial charge < -0.3 is 15.1 Å². The van der Waals surface area contributed by atoms with Crippen LogP contribution in [-0.2, 0) is 0 Å². The van der Waals surface area contributed by atoms with Gasteiger partial charge >= 0.3 is 6.03 Å². The van der Waals surface area contributed by atoms with Crippen LogP contribution in [0.2, 0.25) is 0 Å². The maximum atomic E-state index is 12.6. The number of hydrogen-bond donors (Lipinski definition) is 1. The van der Waals surface area contributed by atoms with Crippen LogP contribution in [-0.4, -0.2) is 43.2 Å². The summed E-state index contributed by atoms with van der Waals surface area (Å²) in [5, 5.41) is 3.27. The fourth-order valence-corrected chi connectivity index (χ4v) is 4.13. The molecule has 1 aliphatic heterocycles. The van der Waals surface area contributed by atoms with E-state index in [2.05, 4.69) is 42.3 Å². The van der Waals surface area contributed by atoms with Crippen molar-refractivity contribution in [1.29, 1.82) is 0 Å². The molecule has 4 heteroatoms. The SMILES string of the molecule is Cc1cccc(C)c1N1CCN(C(=O)NC2CCCCCC2)CC1. The zero-order chi connectivity index (χ0) is 16.9. The molecule has 0 radical (unpaired) electrons. The van der Waals surface area contributed by atoms with Crippen LogP contribution >= 0.6 is 0 Å². The summed E-state index contributed by atoms with van der Waals surface area (Å²) >= 11 is 0. The molecule has 0 atom stereocenters. The van der Waals surface area contributed by atoms with Crippen molar-refractivity contribution in [1.82, 2.24) is 10.2 Å². The van der Waals surface area contributed by atoms with Gasteiger partial charge in [0, 0.05) is 37.9 Å². The maximum absolute atomic E-state index is 12.6. The molecular formula is C20H31N3O. The first-order valence-corrected chi connectivity index (χ1v) is 9.52. The number of nitrogens with one attached hydrogen (secondary N) is 1. The minimum Gasteiger partial charge on any atom is -0.368 e. The van der Waals surface area contributed by atoms with Gasteiger partial charge in [0.05, 0.1) is 0 Å². The highest BCUT2D eigenvalue weighted by molar-refractivity contribution is 5.75. The van der Waals surface area contributed by atoms with Crippen LogP contribution in [0.3, 0.4) is 0 Å². The van der Waals surface area contributed by atoms with E-state index in [1.54, 1.807) is 0 Å². The number of carbonyl (C=O) groups is 1. The van der Waals surface area contributed by atoms with Gasteiger partial charge in [0.15, 0.2) is 0 Å². The van der Waals surface area contributed by atoms with E-state index in [4.69, 9.17) is 0 Å². The van der Waals surface area contributed by atoms with Crippen LogP contribution in [0.5, 0.6) is 0 Å². The number of benzene rings is 1. The highest BCUT2D eigenvalue weighted by Gasteiger charge is 2.24. The van der Waals surface area contributed by atoms with E-state index in [-0.39, 0.29) is 6.03 Å². The lowest BCUT2D eigenvalue weighted by Gasteiger charge is -2.38. The van der Waals surface area contributed by atoms with Crippen molar-refractivity contribution in [3.8, 4) is 0 Å². The van der Waals surface area contributed by atoms with E-state index < -0.39 is 0 Å². The van der Waals surface area contributed by atoms with E-state index in [9.17, 15) is 4.79 Å². The molecule has 0 bridgehead atoms. The topological polar surface area (TPSA) is 35.6 Å². The quantitative estimate of drug-likeness (QED) is 0.836. The van der Waals surface area contributed by atoms with Crippen molar-refractivity contribution in [3.05, 3.63) is 29.3 Å². The molecule has 1 aliphatic carbocycles. The minimum atomic E-state index is 0.142. The second-order valence-corrected chi connectivity index (χ2v) is 7.35. The van der Waals surface area contributed by atoms with Gasteiger partial charge in [-0.15, -0.1) is 0 Å². The summed E-state index contributed by atoms with van der Waals surface area (Å²) in [4.78, 5) is 17.0. The van der Waals surface area contributed by atoms with Gasteiger partial charge in [-0.3, -0.25) is 0 Å². The molecule has 1 heterocycles. The Balaban J connectivity index is 1.53. The van der Waals surface area contributed by atoms with Crippen molar-refractivity contribution in [3.63, 3.8) is 0 Å². The predicted octanol–water partition coefficient (Wildman–Crippen LogP) is 3.86. The van der Waals surface area contributed by atoms with Crippen LogP contribution in [0.1, 0.15) is 49.7 Å². The molecule has 24 heavy (non-hydrogen) atoms. The third-order valence-corrected chi connectivity index (χ3v) is 5.51. The smallest absolute Gasteiger partial charge is 0.317 e. The number of carbonyl (C=O) groups excluding carboxylic acids is 1. The molecule has 132 valence electrons. The number of rotatable bonds is 2. The Labute approximate surface area is 146 Å². The molecule has 1 aromatic carbocycles. The number of nitrogens with zero attached hydrogens (tertiary/aromatic N) is 2. The largest absolute Gasteiger partial charge is 0.368 e. The fourth-order valence-electron chi connectivity index (χ4n) is 4.13. The number of urea groups is 1. The molecule has 0 spiro atoms. The molecule has 1 saturated carbocycles. The summed E-state index contributed by atoms with van der Waals surface area (Å²) in [6.07, 6.45) is 7.44. The Morgan fingerprint density at radius 2 is 1.54 bits per heavy atom. The molecule has 2 amide bonds. The second kappa shape index (κ2) is 7.91. The first-order valence-electron chi connectivity index (χ1n) is 9.52. The van der Waals surface area contributed by atoms with Crippen LogP contribution < -0.4 is 10.2 Å². The summed E-state index contributed by atoms with van der Waals surface area (Å²) in [5.74, 6) is 0. The van der Waals surface area contributed by atoms with Gasteiger partial charge in [0.2, 0.25) is 0 Å². The average molecular weight is 329 g/mol. The molecule has 1 N–H and O–H groups in total. The lowest BCUT2D eigenvalue weighted by Crippen LogP contribution is -2.53. The van der Waals surface area contributed by atoms with Crippen molar-refractivity contribution < 1.29 is 4.79 Å². The molecular weight excluding hydrogens is 298 g/mol. The summed E-state index contributed by atoms with van der Waals surface area (Å²) in [6.45, 7) is 7.81. The van der Waals surface area contributed by atoms with E-state index in [1.165, 1.54) is 42.5 Å². The van der Waals surface area contributed by atoms with E-state index in [0.717, 1.165) is 39.0 Å². The molecule has 1 aromatic rings. The zero-order valence-electron chi connectivity index (χ0n) is 15.2. The van der Waals surface area contributed by atoms with Crippen molar-refractivity contribution in [2.24, 2.45) is 0 Å². The van der Waals surface area contributed by atoms with Crippen LogP contribution in [0, 0.1) is 13.8 Å². The van der Waals surface area contributed by atoms with E-state index >= 15 is 0 Å². The predicted molar refractivity (Wildman–Crippen MR) is 99.7 cm³/mol. The number of anilines is 1. The Kier molecular flexibility index (Phi) is 5.64. The molecule has 0 unspecified atom stereocenters. The minimum absolute atomic E-state index is 0.142. The lowest BCUT2D eigenvalue weighted by molar-refractivity contribution is 0.189. The molecule has 1 saturated heterocycles. The van der Waals surface area contributed by atoms with Gasteiger partial charge in [0.1, 0.15) is 0 Å². The zero-order valence-corrected chi connectivity index (χ0v) is 15.2. The molecule has 4 nitrogen and oxygen atoms in total. The highest BCUT2D eigenvalue weighted by atomic mass is 16.2. The number of amides is 2. The van der Waals surface area contributed by atoms with E-state index in [0.29, 0.717) is 6.04 Å². The fraction of sp³-hybridized carbons (Fsp3) is 0.650. The van der Waals surface area contributed by atoms with Crippen LogP contribution in [0.25, 0.3) is 0 Å². The molecule has 2 aliphatic rings. The van der Waals surface area contributed by atoms with Gasteiger partial charge in [0.25, 0.3) is 0 Å². The van der Waals surface area contributed by atoms with Gasteiger partial charge in [-0.2, -0.15) is 0 Å². The monoisotopic (exact) mass is 329 g/mol. The highest BCUT2D eigenvalue weighted by Crippen LogP contribution is 2.25. The third kappa shape index (κ3) is 4.03. The van der Waals surface area contributed by atoms with Gasteiger partial charge in [-0.1, -0.05) is 43.9 Å². The Morgan fingerprint density at radius 3 is 2.12 bits per heavy atom. The Morgan fingerprint density at radius 1 is 0.958 bits per heavy atom. The first kappa shape index (κ1) is 17.1. The Hall–Kier alpha value is -1.71. The van der Waals surface area contributed by atoms with Gasteiger partial charge in [-0.25, -0.2) is 4.79 Å². The van der Waals surface area contributed by atoms with Crippen molar-refractivity contribution in [2.45, 2.75) is 58.4 Å². The van der Waals surface area contributed by atoms with Gasteiger partial charge in [-0.05, 0) is 37.8 Å². The first-order chi connectivity index (χ1) is 11.6. The third-order valence-electron chi connectivity index (χ3n) is 5.51. The van der Waals surface area contributed by atoms with E-state index in [1.807, 2.05) is 4.90 Å².